The summed E-state index contributed by atoms with van der Waals surface area (Å²) in [4.78, 5) is 15.8. The number of likely N-dealkylation sites (tertiary alicyclic amines) is 1. The van der Waals surface area contributed by atoms with Crippen LogP contribution in [0.3, 0.4) is 0 Å². The molecule has 0 N–H and O–H groups in total. The number of hydrogen-bond acceptors (Lipinski definition) is 1. The summed E-state index contributed by atoms with van der Waals surface area (Å²) in [6, 6.07) is 9.46. The Morgan fingerprint density at radius 2 is 1.80 bits per heavy atom. The molecule has 0 radical (unpaired) electrons. The standard InChI is InChI=1S/C23H29NO/c1-23-10-14-8-16(11-23)21(17(9-14)12-23)24-13-20-18-5-3-2-4-15(18)6-7-19(20)22(24)25/h2-5,14,16-17,19-21H,6-13H2,1H3/t14?,16-,17+,19-,20-,21?,23?/m1/s1. The minimum Gasteiger partial charge on any atom is -0.338 e. The van der Waals surface area contributed by atoms with Gasteiger partial charge in [0.25, 0.3) is 0 Å². The van der Waals surface area contributed by atoms with E-state index in [1.807, 2.05) is 0 Å². The zero-order valence-corrected chi connectivity index (χ0v) is 15.3. The highest BCUT2D eigenvalue weighted by atomic mass is 16.2. The van der Waals surface area contributed by atoms with Crippen LogP contribution in [0.5, 0.6) is 0 Å². The van der Waals surface area contributed by atoms with Gasteiger partial charge in [0, 0.05) is 24.4 Å². The third kappa shape index (κ3) is 2.00. The average Bonchev–Trinajstić information content (AvgIpc) is 2.90. The van der Waals surface area contributed by atoms with Crippen LogP contribution in [-0.4, -0.2) is 23.4 Å². The normalized spacial score (nSPS) is 47.1. The van der Waals surface area contributed by atoms with Crippen LogP contribution >= 0.6 is 0 Å². The molecule has 2 heteroatoms. The van der Waals surface area contributed by atoms with Gasteiger partial charge in [-0.3, -0.25) is 4.79 Å². The number of fused-ring (bicyclic) bond motifs is 3. The van der Waals surface area contributed by atoms with E-state index in [1.54, 1.807) is 0 Å². The lowest BCUT2D eigenvalue weighted by molar-refractivity contribution is -0.147. The van der Waals surface area contributed by atoms with Gasteiger partial charge in [0.15, 0.2) is 0 Å². The fourth-order valence-corrected chi connectivity index (χ4v) is 8.07. The molecule has 1 aliphatic heterocycles. The van der Waals surface area contributed by atoms with Crippen molar-refractivity contribution in [3.63, 3.8) is 0 Å². The molecule has 4 saturated carbocycles. The first-order chi connectivity index (χ1) is 12.1. The maximum atomic E-state index is 13.4. The van der Waals surface area contributed by atoms with Crippen LogP contribution in [0.15, 0.2) is 24.3 Å². The summed E-state index contributed by atoms with van der Waals surface area (Å²) < 4.78 is 0. The first kappa shape index (κ1) is 14.8. The SMILES string of the molecule is CC12CC3C[C@H](C1)C(N1C[C@@H]4c5ccccc5CC[C@H]4C1=O)[C@@H](C3)C2. The van der Waals surface area contributed by atoms with Crippen molar-refractivity contribution in [2.45, 2.75) is 63.8 Å². The van der Waals surface area contributed by atoms with E-state index in [0.717, 1.165) is 37.1 Å². The molecule has 1 aromatic carbocycles. The van der Waals surface area contributed by atoms with Crippen LogP contribution in [0.1, 0.15) is 62.5 Å². The maximum Gasteiger partial charge on any atom is 0.226 e. The van der Waals surface area contributed by atoms with Gasteiger partial charge in [-0.2, -0.15) is 0 Å². The molecule has 5 fully saturated rings. The third-order valence-electron chi connectivity index (χ3n) is 8.55. The molecule has 7 rings (SSSR count). The van der Waals surface area contributed by atoms with Crippen molar-refractivity contribution in [1.82, 2.24) is 4.90 Å². The van der Waals surface area contributed by atoms with E-state index < -0.39 is 0 Å². The van der Waals surface area contributed by atoms with Crippen LogP contribution in [-0.2, 0) is 11.2 Å². The summed E-state index contributed by atoms with van der Waals surface area (Å²) in [7, 11) is 0. The van der Waals surface area contributed by atoms with Gasteiger partial charge >= 0.3 is 0 Å². The predicted octanol–water partition coefficient (Wildman–Crippen LogP) is 4.39. The van der Waals surface area contributed by atoms with E-state index in [-0.39, 0.29) is 5.92 Å². The highest BCUT2D eigenvalue weighted by Gasteiger charge is 2.57. The minimum atomic E-state index is 0.266. The van der Waals surface area contributed by atoms with Crippen LogP contribution in [0.2, 0.25) is 0 Å². The fraction of sp³-hybridized carbons (Fsp3) is 0.696. The van der Waals surface area contributed by atoms with Crippen molar-refractivity contribution in [3.8, 4) is 0 Å². The summed E-state index contributed by atoms with van der Waals surface area (Å²) in [6.45, 7) is 3.52. The molecule has 1 heterocycles. The van der Waals surface area contributed by atoms with Gasteiger partial charge in [-0.05, 0) is 79.2 Å². The molecule has 1 amide bonds. The number of hydrogen-bond donors (Lipinski definition) is 0. The van der Waals surface area contributed by atoms with Gasteiger partial charge in [0.05, 0.1) is 0 Å². The van der Waals surface area contributed by atoms with Crippen molar-refractivity contribution < 1.29 is 4.79 Å². The predicted molar refractivity (Wildman–Crippen MR) is 98.2 cm³/mol. The topological polar surface area (TPSA) is 20.3 Å². The molecule has 0 spiro atoms. The van der Waals surface area contributed by atoms with Gasteiger partial charge in [-0.1, -0.05) is 31.2 Å². The second-order valence-corrected chi connectivity index (χ2v) is 10.2. The highest BCUT2D eigenvalue weighted by molar-refractivity contribution is 5.83. The fourth-order valence-electron chi connectivity index (χ4n) is 8.07. The van der Waals surface area contributed by atoms with Crippen molar-refractivity contribution in [2.24, 2.45) is 29.1 Å². The monoisotopic (exact) mass is 335 g/mol. The number of carbonyl (C=O) groups excluding carboxylic acids is 1. The maximum absolute atomic E-state index is 13.4. The Bertz CT molecular complexity index is 723. The van der Waals surface area contributed by atoms with Gasteiger partial charge in [0.2, 0.25) is 5.91 Å². The second kappa shape index (κ2) is 4.90. The summed E-state index contributed by atoms with van der Waals surface area (Å²) in [5, 5.41) is 0. The molecule has 0 aromatic heterocycles. The quantitative estimate of drug-likeness (QED) is 0.745. The Morgan fingerprint density at radius 3 is 2.56 bits per heavy atom. The molecule has 2 nitrogen and oxygen atoms in total. The molecule has 6 aliphatic rings. The molecule has 132 valence electrons. The largest absolute Gasteiger partial charge is 0.338 e. The molecule has 7 atom stereocenters. The van der Waals surface area contributed by atoms with Crippen LogP contribution < -0.4 is 0 Å². The van der Waals surface area contributed by atoms with Crippen LogP contribution in [0.25, 0.3) is 0 Å². The van der Waals surface area contributed by atoms with E-state index >= 15 is 0 Å². The lowest BCUT2D eigenvalue weighted by atomic mass is 9.48. The minimum absolute atomic E-state index is 0.266. The van der Waals surface area contributed by atoms with Crippen molar-refractivity contribution >= 4 is 5.91 Å². The molecular formula is C23H29NO. The van der Waals surface area contributed by atoms with E-state index in [0.29, 0.717) is 23.3 Å². The first-order valence-corrected chi connectivity index (χ1v) is 10.5. The van der Waals surface area contributed by atoms with Gasteiger partial charge in [-0.25, -0.2) is 0 Å². The first-order valence-electron chi connectivity index (χ1n) is 10.5. The summed E-state index contributed by atoms with van der Waals surface area (Å²) in [6.07, 6.45) is 9.16. The number of benzene rings is 1. The number of nitrogens with zero attached hydrogens (tertiary/aromatic N) is 1. The van der Waals surface area contributed by atoms with Crippen molar-refractivity contribution in [2.75, 3.05) is 6.54 Å². The molecule has 3 unspecified atom stereocenters. The molecular weight excluding hydrogens is 306 g/mol. The highest BCUT2D eigenvalue weighted by Crippen LogP contribution is 2.61. The van der Waals surface area contributed by atoms with E-state index in [2.05, 4.69) is 36.1 Å². The van der Waals surface area contributed by atoms with Crippen LogP contribution in [0, 0.1) is 29.1 Å². The molecule has 1 aromatic rings. The zero-order valence-electron chi connectivity index (χ0n) is 15.3. The lowest BCUT2D eigenvalue weighted by Gasteiger charge is -2.60. The van der Waals surface area contributed by atoms with Crippen molar-refractivity contribution in [3.05, 3.63) is 35.4 Å². The summed E-state index contributed by atoms with van der Waals surface area (Å²) >= 11 is 0. The number of amides is 1. The Hall–Kier alpha value is -1.31. The molecule has 25 heavy (non-hydrogen) atoms. The Morgan fingerprint density at radius 1 is 1.04 bits per heavy atom. The second-order valence-electron chi connectivity index (χ2n) is 10.2. The van der Waals surface area contributed by atoms with Gasteiger partial charge < -0.3 is 4.90 Å². The number of rotatable bonds is 1. The number of aryl methyl sites for hydroxylation is 1. The van der Waals surface area contributed by atoms with Gasteiger partial charge in [0.1, 0.15) is 0 Å². The van der Waals surface area contributed by atoms with Crippen molar-refractivity contribution in [1.29, 1.82) is 0 Å². The Balaban J connectivity index is 1.33. The molecule has 1 saturated heterocycles. The zero-order chi connectivity index (χ0) is 16.8. The molecule has 4 bridgehead atoms. The van der Waals surface area contributed by atoms with E-state index in [4.69, 9.17) is 0 Å². The van der Waals surface area contributed by atoms with Gasteiger partial charge in [-0.15, -0.1) is 0 Å². The third-order valence-corrected chi connectivity index (χ3v) is 8.55. The smallest absolute Gasteiger partial charge is 0.226 e. The number of carbonyl (C=O) groups is 1. The molecule has 5 aliphatic carbocycles. The van der Waals surface area contributed by atoms with E-state index in [9.17, 15) is 4.79 Å². The summed E-state index contributed by atoms with van der Waals surface area (Å²) in [5.41, 5.74) is 3.57. The Kier molecular flexibility index (Phi) is 2.90. The summed E-state index contributed by atoms with van der Waals surface area (Å²) in [5.74, 6) is 3.76. The lowest BCUT2D eigenvalue weighted by Crippen LogP contribution is -2.59. The Labute approximate surface area is 151 Å². The van der Waals surface area contributed by atoms with E-state index in [1.165, 1.54) is 43.2 Å². The average molecular weight is 335 g/mol. The van der Waals surface area contributed by atoms with Crippen LogP contribution in [0.4, 0.5) is 0 Å².